The summed E-state index contributed by atoms with van der Waals surface area (Å²) in [4.78, 5) is 0. The lowest BCUT2D eigenvalue weighted by atomic mass is 10.1. The SMILES string of the molecule is CCCC/C=C\CCCCCCCCCO[Si](C)(C)C. The predicted octanol–water partition coefficient (Wildman–Crippen LogP) is 6.71. The first-order chi connectivity index (χ1) is 9.56. The van der Waals surface area contributed by atoms with Crippen LogP contribution >= 0.6 is 0 Å². The zero-order valence-electron chi connectivity index (χ0n) is 14.5. The Kier molecular flexibility index (Phi) is 13.8. The molecule has 0 radical (unpaired) electrons. The van der Waals surface area contributed by atoms with Gasteiger partial charge in [-0.1, -0.05) is 64.0 Å². The first kappa shape index (κ1) is 19.9. The molecule has 2 heteroatoms. The molecule has 1 nitrogen and oxygen atoms in total. The van der Waals surface area contributed by atoms with Gasteiger partial charge in [0.25, 0.3) is 0 Å². The molecule has 0 rings (SSSR count). The van der Waals surface area contributed by atoms with Crippen molar-refractivity contribution in [1.29, 1.82) is 0 Å². The Morgan fingerprint density at radius 3 is 1.75 bits per heavy atom. The normalized spacial score (nSPS) is 12.4. The van der Waals surface area contributed by atoms with Gasteiger partial charge in [0, 0.05) is 6.61 Å². The van der Waals surface area contributed by atoms with Crippen molar-refractivity contribution in [1.82, 2.24) is 0 Å². The van der Waals surface area contributed by atoms with E-state index in [-0.39, 0.29) is 0 Å². The molecule has 0 unspecified atom stereocenters. The van der Waals surface area contributed by atoms with Gasteiger partial charge in [-0.2, -0.15) is 0 Å². The van der Waals surface area contributed by atoms with Gasteiger partial charge in [0.1, 0.15) is 0 Å². The second-order valence-electron chi connectivity index (χ2n) is 6.84. The zero-order chi connectivity index (χ0) is 15.1. The quantitative estimate of drug-likeness (QED) is 0.197. The minimum absolute atomic E-state index is 0.984. The third kappa shape index (κ3) is 17.9. The van der Waals surface area contributed by atoms with Gasteiger partial charge >= 0.3 is 0 Å². The van der Waals surface area contributed by atoms with Gasteiger partial charge in [-0.25, -0.2) is 0 Å². The van der Waals surface area contributed by atoms with Gasteiger partial charge < -0.3 is 4.43 Å². The molecule has 0 atom stereocenters. The van der Waals surface area contributed by atoms with Crippen LogP contribution in [0.2, 0.25) is 19.6 Å². The Morgan fingerprint density at radius 1 is 0.700 bits per heavy atom. The number of unbranched alkanes of at least 4 members (excludes halogenated alkanes) is 9. The van der Waals surface area contributed by atoms with Crippen LogP contribution in [0.3, 0.4) is 0 Å². The number of hydrogen-bond acceptors (Lipinski definition) is 1. The van der Waals surface area contributed by atoms with Crippen LogP contribution in [0, 0.1) is 0 Å². The average molecular weight is 299 g/mol. The van der Waals surface area contributed by atoms with E-state index in [4.69, 9.17) is 4.43 Å². The van der Waals surface area contributed by atoms with Crippen molar-refractivity contribution in [2.75, 3.05) is 6.61 Å². The van der Waals surface area contributed by atoms with Crippen LogP contribution in [0.1, 0.15) is 77.6 Å². The first-order valence-corrected chi connectivity index (χ1v) is 12.3. The van der Waals surface area contributed by atoms with Gasteiger partial charge in [-0.05, 0) is 45.3 Å². The van der Waals surface area contributed by atoms with Gasteiger partial charge in [0.2, 0.25) is 0 Å². The average Bonchev–Trinajstić information content (AvgIpc) is 2.38. The lowest BCUT2D eigenvalue weighted by Gasteiger charge is -2.16. The molecule has 20 heavy (non-hydrogen) atoms. The highest BCUT2D eigenvalue weighted by atomic mass is 28.4. The Hall–Kier alpha value is -0.0831. The van der Waals surface area contributed by atoms with Crippen molar-refractivity contribution in [3.8, 4) is 0 Å². The molecule has 0 aliphatic heterocycles. The maximum atomic E-state index is 5.86. The van der Waals surface area contributed by atoms with Crippen molar-refractivity contribution >= 4 is 8.32 Å². The summed E-state index contributed by atoms with van der Waals surface area (Å²) in [6, 6.07) is 0. The highest BCUT2D eigenvalue weighted by molar-refractivity contribution is 6.69. The maximum Gasteiger partial charge on any atom is 0.183 e. The van der Waals surface area contributed by atoms with Crippen LogP contribution in [0.15, 0.2) is 12.2 Å². The maximum absolute atomic E-state index is 5.86. The number of hydrogen-bond donors (Lipinski definition) is 0. The molecule has 0 fully saturated rings. The third-order valence-electron chi connectivity index (χ3n) is 3.44. The minimum Gasteiger partial charge on any atom is -0.418 e. The number of rotatable bonds is 14. The van der Waals surface area contributed by atoms with Crippen LogP contribution in [0.4, 0.5) is 0 Å². The van der Waals surface area contributed by atoms with Crippen LogP contribution in [0.5, 0.6) is 0 Å². The van der Waals surface area contributed by atoms with E-state index in [0.717, 1.165) is 6.61 Å². The molecular weight excluding hydrogens is 260 g/mol. The second-order valence-corrected chi connectivity index (χ2v) is 11.4. The van der Waals surface area contributed by atoms with E-state index >= 15 is 0 Å². The van der Waals surface area contributed by atoms with Gasteiger partial charge in [0.05, 0.1) is 0 Å². The topological polar surface area (TPSA) is 9.23 Å². The van der Waals surface area contributed by atoms with Crippen molar-refractivity contribution < 1.29 is 4.43 Å². The standard InChI is InChI=1S/C18H38OSi/c1-5-6-7-8-9-10-11-12-13-14-15-16-17-18-19-20(2,3)4/h8-9H,5-7,10-18H2,1-4H3/b9-8-. The lowest BCUT2D eigenvalue weighted by molar-refractivity contribution is 0.298. The summed E-state index contributed by atoms with van der Waals surface area (Å²) in [5.41, 5.74) is 0. The van der Waals surface area contributed by atoms with E-state index in [0.29, 0.717) is 0 Å². The van der Waals surface area contributed by atoms with Crippen molar-refractivity contribution in [3.63, 3.8) is 0 Å². The van der Waals surface area contributed by atoms with Crippen molar-refractivity contribution in [3.05, 3.63) is 12.2 Å². The second kappa shape index (κ2) is 13.9. The molecular formula is C18H38OSi. The molecule has 0 aromatic carbocycles. The Balaban J connectivity index is 3.08. The van der Waals surface area contributed by atoms with Crippen LogP contribution in [-0.4, -0.2) is 14.9 Å². The molecule has 0 heterocycles. The van der Waals surface area contributed by atoms with E-state index in [2.05, 4.69) is 38.7 Å². The molecule has 0 bridgehead atoms. The smallest absolute Gasteiger partial charge is 0.183 e. The lowest BCUT2D eigenvalue weighted by Crippen LogP contribution is -2.25. The van der Waals surface area contributed by atoms with E-state index in [1.807, 2.05) is 0 Å². The van der Waals surface area contributed by atoms with Crippen molar-refractivity contribution in [2.45, 2.75) is 97.2 Å². The monoisotopic (exact) mass is 298 g/mol. The number of allylic oxidation sites excluding steroid dienone is 2. The molecule has 0 saturated carbocycles. The summed E-state index contributed by atoms with van der Waals surface area (Å²) in [7, 11) is -1.27. The predicted molar refractivity (Wildman–Crippen MR) is 94.9 cm³/mol. The fourth-order valence-corrected chi connectivity index (χ4v) is 2.94. The minimum atomic E-state index is -1.27. The van der Waals surface area contributed by atoms with Gasteiger partial charge in [-0.15, -0.1) is 0 Å². The highest BCUT2D eigenvalue weighted by Crippen LogP contribution is 2.10. The molecule has 0 aliphatic rings. The molecule has 120 valence electrons. The first-order valence-electron chi connectivity index (χ1n) is 8.85. The Morgan fingerprint density at radius 2 is 1.20 bits per heavy atom. The molecule has 0 aromatic rings. The fraction of sp³-hybridized carbons (Fsp3) is 0.889. The molecule has 0 N–H and O–H groups in total. The van der Waals surface area contributed by atoms with Crippen molar-refractivity contribution in [2.24, 2.45) is 0 Å². The summed E-state index contributed by atoms with van der Waals surface area (Å²) < 4.78 is 5.86. The van der Waals surface area contributed by atoms with Gasteiger partial charge in [0.15, 0.2) is 8.32 Å². The third-order valence-corrected chi connectivity index (χ3v) is 4.51. The Labute approximate surface area is 129 Å². The van der Waals surface area contributed by atoms with E-state index < -0.39 is 8.32 Å². The fourth-order valence-electron chi connectivity index (χ4n) is 2.18. The summed E-state index contributed by atoms with van der Waals surface area (Å²) >= 11 is 0. The molecule has 0 spiro atoms. The van der Waals surface area contributed by atoms with E-state index in [1.165, 1.54) is 70.6 Å². The summed E-state index contributed by atoms with van der Waals surface area (Å²) in [6.45, 7) is 10.0. The Bertz CT molecular complexity index is 218. The zero-order valence-corrected chi connectivity index (χ0v) is 15.5. The van der Waals surface area contributed by atoms with Crippen LogP contribution in [0.25, 0.3) is 0 Å². The molecule has 0 aromatic heterocycles. The summed E-state index contributed by atoms with van der Waals surface area (Å²) in [6.07, 6.45) is 19.6. The van der Waals surface area contributed by atoms with Crippen LogP contribution in [-0.2, 0) is 4.43 Å². The molecule has 0 amide bonds. The van der Waals surface area contributed by atoms with Crippen LogP contribution < -0.4 is 0 Å². The summed E-state index contributed by atoms with van der Waals surface area (Å²) in [5, 5.41) is 0. The largest absolute Gasteiger partial charge is 0.418 e. The van der Waals surface area contributed by atoms with E-state index in [1.54, 1.807) is 0 Å². The highest BCUT2D eigenvalue weighted by Gasteiger charge is 2.12. The summed E-state index contributed by atoms with van der Waals surface area (Å²) in [5.74, 6) is 0. The molecule has 0 saturated heterocycles. The van der Waals surface area contributed by atoms with Gasteiger partial charge in [-0.3, -0.25) is 0 Å². The van der Waals surface area contributed by atoms with E-state index in [9.17, 15) is 0 Å². The molecule has 0 aliphatic carbocycles.